The van der Waals surface area contributed by atoms with E-state index in [1.165, 1.54) is 18.2 Å². The highest BCUT2D eigenvalue weighted by molar-refractivity contribution is 6.31. The predicted octanol–water partition coefficient (Wildman–Crippen LogP) is 1.95. The minimum atomic E-state index is -1.10. The molecule has 11 heavy (non-hydrogen) atoms. The Bertz CT molecular complexity index is 298. The number of nitrogens with one attached hydrogen (secondary N) is 1. The standard InChI is InChI=1S/C7H5ClNO2/c8-4-1-2-5(7(10)11)6(9)3-4/h1-3,9H,(H,10,11). The van der Waals surface area contributed by atoms with E-state index in [2.05, 4.69) is 0 Å². The molecule has 4 heteroatoms. The van der Waals surface area contributed by atoms with Gasteiger partial charge in [-0.15, -0.1) is 0 Å². The van der Waals surface area contributed by atoms with Crippen LogP contribution in [0.1, 0.15) is 10.4 Å². The molecule has 0 spiro atoms. The summed E-state index contributed by atoms with van der Waals surface area (Å²) >= 11 is 5.51. The zero-order chi connectivity index (χ0) is 8.43. The first-order chi connectivity index (χ1) is 5.11. The van der Waals surface area contributed by atoms with Crippen LogP contribution in [0.2, 0.25) is 5.02 Å². The quantitative estimate of drug-likeness (QED) is 0.700. The Kier molecular flexibility index (Phi) is 2.01. The number of carbonyl (C=O) groups is 1. The zero-order valence-corrected chi connectivity index (χ0v) is 6.22. The van der Waals surface area contributed by atoms with Gasteiger partial charge < -0.3 is 5.11 Å². The molecule has 1 rings (SSSR count). The van der Waals surface area contributed by atoms with Crippen molar-refractivity contribution in [2.75, 3.05) is 0 Å². The maximum absolute atomic E-state index is 10.4. The van der Waals surface area contributed by atoms with Gasteiger partial charge in [-0.05, 0) is 18.2 Å². The molecular formula is C7H5ClNO2. The maximum Gasteiger partial charge on any atom is 0.337 e. The molecule has 0 saturated carbocycles. The van der Waals surface area contributed by atoms with Crippen molar-refractivity contribution in [1.82, 2.24) is 5.73 Å². The van der Waals surface area contributed by atoms with Crippen molar-refractivity contribution in [2.45, 2.75) is 0 Å². The summed E-state index contributed by atoms with van der Waals surface area (Å²) in [5.74, 6) is -1.10. The molecule has 3 nitrogen and oxygen atoms in total. The Morgan fingerprint density at radius 1 is 1.55 bits per heavy atom. The van der Waals surface area contributed by atoms with Crippen LogP contribution in [0.5, 0.6) is 0 Å². The topological polar surface area (TPSA) is 61.1 Å². The second-order valence-corrected chi connectivity index (χ2v) is 2.43. The summed E-state index contributed by atoms with van der Waals surface area (Å²) in [4.78, 5) is 10.4. The number of benzene rings is 1. The lowest BCUT2D eigenvalue weighted by Crippen LogP contribution is -1.96. The minimum absolute atomic E-state index is 0.0330. The Balaban J connectivity index is 3.20. The van der Waals surface area contributed by atoms with Gasteiger partial charge in [0.15, 0.2) is 0 Å². The van der Waals surface area contributed by atoms with Crippen LogP contribution in [0.4, 0.5) is 5.69 Å². The second-order valence-electron chi connectivity index (χ2n) is 2.00. The number of hydrogen-bond acceptors (Lipinski definition) is 1. The number of halogens is 1. The highest BCUT2D eigenvalue weighted by atomic mass is 35.5. The lowest BCUT2D eigenvalue weighted by molar-refractivity contribution is 0.0698. The number of carboxylic acid groups (broad SMARTS) is 1. The smallest absolute Gasteiger partial charge is 0.337 e. The van der Waals surface area contributed by atoms with E-state index < -0.39 is 5.97 Å². The number of rotatable bonds is 1. The fourth-order valence-electron chi connectivity index (χ4n) is 0.703. The van der Waals surface area contributed by atoms with Crippen LogP contribution in [0.3, 0.4) is 0 Å². The third kappa shape index (κ3) is 1.62. The molecule has 0 bridgehead atoms. The number of aromatic carboxylic acids is 1. The number of hydrogen-bond donors (Lipinski definition) is 1. The molecule has 0 aromatic heterocycles. The second kappa shape index (κ2) is 2.80. The summed E-state index contributed by atoms with van der Waals surface area (Å²) in [6.07, 6.45) is 0. The summed E-state index contributed by atoms with van der Waals surface area (Å²) in [5.41, 5.74) is 7.08. The number of carboxylic acids is 1. The molecule has 0 heterocycles. The van der Waals surface area contributed by atoms with Gasteiger partial charge in [-0.3, -0.25) is 5.73 Å². The van der Waals surface area contributed by atoms with E-state index in [1.807, 2.05) is 0 Å². The monoisotopic (exact) mass is 170 g/mol. The average Bonchev–Trinajstić information content (AvgIpc) is 1.85. The van der Waals surface area contributed by atoms with E-state index in [1.54, 1.807) is 0 Å². The Morgan fingerprint density at radius 3 is 2.64 bits per heavy atom. The van der Waals surface area contributed by atoms with E-state index in [0.717, 1.165) is 0 Å². The van der Waals surface area contributed by atoms with E-state index >= 15 is 0 Å². The molecule has 1 radical (unpaired) electrons. The first-order valence-electron chi connectivity index (χ1n) is 2.85. The first-order valence-corrected chi connectivity index (χ1v) is 3.23. The third-order valence-electron chi connectivity index (χ3n) is 1.21. The van der Waals surface area contributed by atoms with E-state index in [-0.39, 0.29) is 11.3 Å². The highest BCUT2D eigenvalue weighted by Gasteiger charge is 2.06. The van der Waals surface area contributed by atoms with E-state index in [0.29, 0.717) is 5.02 Å². The molecule has 1 aromatic rings. The van der Waals surface area contributed by atoms with Crippen molar-refractivity contribution >= 4 is 23.3 Å². The van der Waals surface area contributed by atoms with Gasteiger partial charge in [0.25, 0.3) is 0 Å². The Hall–Kier alpha value is -1.22. The van der Waals surface area contributed by atoms with Crippen molar-refractivity contribution in [3.8, 4) is 0 Å². The average molecular weight is 171 g/mol. The fourth-order valence-corrected chi connectivity index (χ4v) is 0.875. The van der Waals surface area contributed by atoms with Gasteiger partial charge in [-0.25, -0.2) is 4.79 Å². The van der Waals surface area contributed by atoms with Crippen molar-refractivity contribution in [2.24, 2.45) is 0 Å². The van der Waals surface area contributed by atoms with Gasteiger partial charge in [-0.2, -0.15) is 0 Å². The lowest BCUT2D eigenvalue weighted by Gasteiger charge is -1.97. The van der Waals surface area contributed by atoms with Crippen LogP contribution in [0.25, 0.3) is 0 Å². The van der Waals surface area contributed by atoms with E-state index in [4.69, 9.17) is 22.4 Å². The van der Waals surface area contributed by atoms with Crippen LogP contribution >= 0.6 is 11.6 Å². The zero-order valence-electron chi connectivity index (χ0n) is 5.47. The van der Waals surface area contributed by atoms with Gasteiger partial charge in [-0.1, -0.05) is 11.6 Å². The summed E-state index contributed by atoms with van der Waals surface area (Å²) in [5, 5.41) is 8.87. The Labute approximate surface area is 68.4 Å². The SMILES string of the molecule is [NH]c1cc(Cl)ccc1C(=O)O. The van der Waals surface area contributed by atoms with Crippen LogP contribution < -0.4 is 5.73 Å². The molecule has 1 aromatic carbocycles. The summed E-state index contributed by atoms with van der Waals surface area (Å²) in [7, 11) is 0. The molecule has 0 unspecified atom stereocenters. The van der Waals surface area contributed by atoms with Gasteiger partial charge in [0.1, 0.15) is 0 Å². The largest absolute Gasteiger partial charge is 0.478 e. The molecule has 2 N–H and O–H groups in total. The lowest BCUT2D eigenvalue weighted by atomic mass is 10.2. The van der Waals surface area contributed by atoms with Crippen molar-refractivity contribution in [3.63, 3.8) is 0 Å². The normalized spacial score (nSPS) is 9.55. The predicted molar refractivity (Wildman–Crippen MR) is 41.2 cm³/mol. The van der Waals surface area contributed by atoms with Crippen molar-refractivity contribution in [1.29, 1.82) is 0 Å². The molecule has 0 amide bonds. The molecule has 0 atom stereocenters. The van der Waals surface area contributed by atoms with Crippen LogP contribution in [0.15, 0.2) is 18.2 Å². The van der Waals surface area contributed by atoms with E-state index in [9.17, 15) is 4.79 Å². The van der Waals surface area contributed by atoms with Gasteiger partial charge in [0.2, 0.25) is 0 Å². The van der Waals surface area contributed by atoms with Crippen LogP contribution in [-0.4, -0.2) is 11.1 Å². The van der Waals surface area contributed by atoms with Crippen molar-refractivity contribution < 1.29 is 9.90 Å². The molecular weight excluding hydrogens is 166 g/mol. The van der Waals surface area contributed by atoms with Gasteiger partial charge in [0, 0.05) is 5.02 Å². The minimum Gasteiger partial charge on any atom is -0.478 e. The van der Waals surface area contributed by atoms with Crippen LogP contribution in [-0.2, 0) is 0 Å². The molecule has 57 valence electrons. The maximum atomic E-state index is 10.4. The highest BCUT2D eigenvalue weighted by Crippen LogP contribution is 2.18. The summed E-state index contributed by atoms with van der Waals surface area (Å²) < 4.78 is 0. The van der Waals surface area contributed by atoms with Crippen LogP contribution in [0, 0.1) is 0 Å². The molecule has 0 aliphatic heterocycles. The summed E-state index contributed by atoms with van der Waals surface area (Å²) in [6, 6.07) is 4.06. The molecule has 0 aliphatic carbocycles. The van der Waals surface area contributed by atoms with Crippen molar-refractivity contribution in [3.05, 3.63) is 28.8 Å². The molecule has 0 aliphatic rings. The summed E-state index contributed by atoms with van der Waals surface area (Å²) in [6.45, 7) is 0. The third-order valence-corrected chi connectivity index (χ3v) is 1.45. The Morgan fingerprint density at radius 2 is 2.18 bits per heavy atom. The van der Waals surface area contributed by atoms with Gasteiger partial charge in [0.05, 0.1) is 11.3 Å². The molecule has 0 fully saturated rings. The molecule has 0 saturated heterocycles. The van der Waals surface area contributed by atoms with Gasteiger partial charge >= 0.3 is 5.97 Å². The first kappa shape index (κ1) is 7.88. The fraction of sp³-hybridized carbons (Fsp3) is 0.